The Morgan fingerprint density at radius 3 is 1.72 bits per heavy atom. The van der Waals surface area contributed by atoms with E-state index in [0.717, 1.165) is 16.7 Å². The van der Waals surface area contributed by atoms with Gasteiger partial charge in [0.15, 0.2) is 12.4 Å². The molecule has 0 spiro atoms. The molecule has 2 fully saturated rings. The minimum Gasteiger partial charge on any atom is -0.427 e. The lowest BCUT2D eigenvalue weighted by molar-refractivity contribution is -0.347. The molecule has 188 valence electrons. The molecule has 3 aromatic rings. The van der Waals surface area contributed by atoms with E-state index < -0.39 is 36.4 Å². The summed E-state index contributed by atoms with van der Waals surface area (Å²) in [4.78, 5) is 12.1. The second kappa shape index (κ2) is 11.3. The highest BCUT2D eigenvalue weighted by Gasteiger charge is 2.64. The van der Waals surface area contributed by atoms with Gasteiger partial charge < -0.3 is 28.4 Å². The molecule has 5 atom stereocenters. The molecule has 2 bridgehead atoms. The zero-order valence-corrected chi connectivity index (χ0v) is 20.2. The Morgan fingerprint density at radius 2 is 1.22 bits per heavy atom. The van der Waals surface area contributed by atoms with Gasteiger partial charge in [-0.05, 0) is 16.7 Å². The fourth-order valence-electron chi connectivity index (χ4n) is 4.58. The molecule has 36 heavy (non-hydrogen) atoms. The maximum absolute atomic E-state index is 12.1. The monoisotopic (exact) mass is 490 g/mol. The summed E-state index contributed by atoms with van der Waals surface area (Å²) in [5.41, 5.74) is 2.98. The van der Waals surface area contributed by atoms with Crippen LogP contribution in [0.2, 0.25) is 0 Å². The maximum Gasteiger partial charge on any atom is 0.305 e. The maximum atomic E-state index is 12.1. The molecule has 0 aromatic heterocycles. The van der Waals surface area contributed by atoms with E-state index in [0.29, 0.717) is 13.2 Å². The highest BCUT2D eigenvalue weighted by atomic mass is 16.9. The van der Waals surface area contributed by atoms with Crippen molar-refractivity contribution in [3.63, 3.8) is 0 Å². The van der Waals surface area contributed by atoms with Crippen molar-refractivity contribution in [3.8, 4) is 0 Å². The first kappa shape index (κ1) is 24.6. The Balaban J connectivity index is 1.43. The molecule has 7 heteroatoms. The summed E-state index contributed by atoms with van der Waals surface area (Å²) in [6.45, 7) is 2.31. The Morgan fingerprint density at radius 1 is 0.750 bits per heavy atom. The van der Waals surface area contributed by atoms with E-state index in [1.165, 1.54) is 6.92 Å². The van der Waals surface area contributed by atoms with Gasteiger partial charge in [-0.3, -0.25) is 4.79 Å². The van der Waals surface area contributed by atoms with Gasteiger partial charge in [0.1, 0.15) is 18.8 Å². The lowest BCUT2D eigenvalue weighted by Crippen LogP contribution is -2.64. The van der Waals surface area contributed by atoms with Gasteiger partial charge in [-0.15, -0.1) is 0 Å². The predicted molar refractivity (Wildman–Crippen MR) is 130 cm³/mol. The van der Waals surface area contributed by atoms with Crippen molar-refractivity contribution >= 4 is 5.97 Å². The van der Waals surface area contributed by atoms with E-state index in [2.05, 4.69) is 0 Å². The molecule has 2 aliphatic rings. The van der Waals surface area contributed by atoms with Crippen LogP contribution in [0.5, 0.6) is 0 Å². The Hall–Kier alpha value is -3.07. The van der Waals surface area contributed by atoms with Gasteiger partial charge in [0.2, 0.25) is 0 Å². The minimum absolute atomic E-state index is 0.0209. The van der Waals surface area contributed by atoms with Crippen molar-refractivity contribution in [2.24, 2.45) is 0 Å². The molecule has 2 saturated heterocycles. The number of hydrogen-bond acceptors (Lipinski definition) is 7. The molecule has 0 N–H and O–H groups in total. The smallest absolute Gasteiger partial charge is 0.305 e. The summed E-state index contributed by atoms with van der Waals surface area (Å²) in [6.07, 6.45) is -2.80. The number of fused-ring (bicyclic) bond motifs is 2. The Labute approximate surface area is 210 Å². The number of ether oxygens (including phenoxy) is 6. The van der Waals surface area contributed by atoms with Crippen molar-refractivity contribution in [1.29, 1.82) is 0 Å². The summed E-state index contributed by atoms with van der Waals surface area (Å²) >= 11 is 0. The van der Waals surface area contributed by atoms with Gasteiger partial charge in [-0.2, -0.15) is 0 Å². The quantitative estimate of drug-likeness (QED) is 0.391. The van der Waals surface area contributed by atoms with Crippen LogP contribution < -0.4 is 0 Å². The van der Waals surface area contributed by atoms with Gasteiger partial charge >= 0.3 is 5.97 Å². The predicted octanol–water partition coefficient (Wildman–Crippen LogP) is 4.39. The summed E-state index contributed by atoms with van der Waals surface area (Å²) in [6, 6.07) is 29.5. The lowest BCUT2D eigenvalue weighted by atomic mass is 9.96. The average Bonchev–Trinajstić information content (AvgIpc) is 3.27. The van der Waals surface area contributed by atoms with E-state index in [1.54, 1.807) is 0 Å². The van der Waals surface area contributed by atoms with Crippen LogP contribution in [0.1, 0.15) is 23.6 Å². The van der Waals surface area contributed by atoms with Crippen molar-refractivity contribution in [1.82, 2.24) is 0 Å². The van der Waals surface area contributed by atoms with Crippen molar-refractivity contribution < 1.29 is 33.2 Å². The van der Waals surface area contributed by atoms with Crippen LogP contribution in [-0.2, 0) is 53.0 Å². The van der Waals surface area contributed by atoms with Gasteiger partial charge in [0, 0.05) is 6.92 Å². The molecule has 0 aliphatic carbocycles. The summed E-state index contributed by atoms with van der Waals surface area (Å²) in [7, 11) is 0. The van der Waals surface area contributed by atoms with E-state index in [1.807, 2.05) is 91.0 Å². The number of benzene rings is 3. The number of rotatable bonds is 10. The van der Waals surface area contributed by atoms with Crippen molar-refractivity contribution in [2.45, 2.75) is 57.1 Å². The third kappa shape index (κ3) is 5.67. The highest BCUT2D eigenvalue weighted by molar-refractivity contribution is 5.66. The van der Waals surface area contributed by atoms with E-state index in [-0.39, 0.29) is 13.2 Å². The van der Waals surface area contributed by atoms with Crippen LogP contribution in [0.3, 0.4) is 0 Å². The van der Waals surface area contributed by atoms with Crippen molar-refractivity contribution in [2.75, 3.05) is 6.61 Å². The molecular formula is C29H30O7. The first-order valence-corrected chi connectivity index (χ1v) is 12.1. The topological polar surface area (TPSA) is 72.5 Å². The lowest BCUT2D eigenvalue weighted by Gasteiger charge is -2.45. The molecule has 2 heterocycles. The van der Waals surface area contributed by atoms with Gasteiger partial charge in [0.25, 0.3) is 5.79 Å². The molecule has 0 radical (unpaired) electrons. The van der Waals surface area contributed by atoms with E-state index in [9.17, 15) is 4.79 Å². The molecular weight excluding hydrogens is 460 g/mol. The normalized spacial score (nSPS) is 27.0. The summed E-state index contributed by atoms with van der Waals surface area (Å²) in [5.74, 6) is -1.92. The average molecular weight is 491 g/mol. The minimum atomic E-state index is -1.43. The van der Waals surface area contributed by atoms with Crippen LogP contribution >= 0.6 is 0 Å². The molecule has 0 amide bonds. The Kier molecular flexibility index (Phi) is 7.75. The molecule has 0 unspecified atom stereocenters. The first-order chi connectivity index (χ1) is 17.6. The second-order valence-electron chi connectivity index (χ2n) is 8.94. The third-order valence-electron chi connectivity index (χ3n) is 6.25. The number of esters is 1. The fourth-order valence-corrected chi connectivity index (χ4v) is 4.58. The van der Waals surface area contributed by atoms with Crippen LogP contribution in [0.25, 0.3) is 0 Å². The van der Waals surface area contributed by atoms with Crippen molar-refractivity contribution in [3.05, 3.63) is 108 Å². The number of carbonyl (C=O) groups is 1. The number of hydrogen-bond donors (Lipinski definition) is 0. The van der Waals surface area contributed by atoms with Crippen LogP contribution in [0.15, 0.2) is 91.0 Å². The number of carbonyl (C=O) groups excluding carboxylic acids is 1. The molecule has 3 aromatic carbocycles. The standard InChI is InChI=1S/C29H30O7/c1-21(30)35-29-20-34-28(36-29)26(32-18-23-13-7-3-8-14-23)25(31-17-22-11-5-2-6-12-22)27(29)33-19-24-15-9-4-10-16-24/h2-16,25-28H,17-20H2,1H3/t25-,26-,27+,28+,29+/m1/s1. The van der Waals surface area contributed by atoms with E-state index in [4.69, 9.17) is 28.4 Å². The Bertz CT molecular complexity index is 1110. The third-order valence-corrected chi connectivity index (χ3v) is 6.25. The second-order valence-corrected chi connectivity index (χ2v) is 8.94. The SMILES string of the molecule is CC(=O)O[C@@]12CO[C@@H](O1)[C@H](OCc1ccccc1)[C@@H](OCc1ccccc1)[C@@H]2OCc1ccccc1. The highest BCUT2D eigenvalue weighted by Crippen LogP contribution is 2.42. The van der Waals surface area contributed by atoms with Crippen LogP contribution in [0.4, 0.5) is 0 Å². The molecule has 5 rings (SSSR count). The zero-order chi connectivity index (χ0) is 24.8. The summed E-state index contributed by atoms with van der Waals surface area (Å²) in [5, 5.41) is 0. The first-order valence-electron chi connectivity index (χ1n) is 12.1. The summed E-state index contributed by atoms with van der Waals surface area (Å²) < 4.78 is 37.1. The van der Waals surface area contributed by atoms with Gasteiger partial charge in [-0.25, -0.2) is 0 Å². The molecule has 0 saturated carbocycles. The molecule has 7 nitrogen and oxygen atoms in total. The van der Waals surface area contributed by atoms with Gasteiger partial charge in [-0.1, -0.05) is 91.0 Å². The van der Waals surface area contributed by atoms with E-state index >= 15 is 0 Å². The van der Waals surface area contributed by atoms with Crippen LogP contribution in [0, 0.1) is 0 Å². The molecule has 2 aliphatic heterocycles. The zero-order valence-electron chi connectivity index (χ0n) is 20.2. The van der Waals surface area contributed by atoms with Gasteiger partial charge in [0.05, 0.1) is 19.8 Å². The largest absolute Gasteiger partial charge is 0.427 e. The van der Waals surface area contributed by atoms with Crippen LogP contribution in [-0.4, -0.2) is 43.0 Å². The fraction of sp³-hybridized carbons (Fsp3) is 0.345.